The molecule has 1 atom stereocenters. The van der Waals surface area contributed by atoms with Gasteiger partial charge in [0.15, 0.2) is 5.82 Å². The Bertz CT molecular complexity index is 1130. The van der Waals surface area contributed by atoms with E-state index in [4.69, 9.17) is 4.98 Å². The molecule has 0 bridgehead atoms. The minimum absolute atomic E-state index is 0.204. The van der Waals surface area contributed by atoms with Crippen molar-refractivity contribution in [3.63, 3.8) is 0 Å². The summed E-state index contributed by atoms with van der Waals surface area (Å²) in [5, 5.41) is 7.98. The second kappa shape index (κ2) is 6.17. The third kappa shape index (κ3) is 2.65. The van der Waals surface area contributed by atoms with Crippen molar-refractivity contribution in [2.24, 2.45) is 0 Å². The number of aromatic amines is 1. The maximum Gasteiger partial charge on any atom is 0.283 e. The molecule has 1 unspecified atom stereocenters. The maximum absolute atomic E-state index is 12.8. The average molecular weight is 361 g/mol. The lowest BCUT2D eigenvalue weighted by Gasteiger charge is -2.32. The van der Waals surface area contributed by atoms with Gasteiger partial charge >= 0.3 is 0 Å². The number of hydrogen-bond donors (Lipinski definition) is 2. The predicted octanol–water partition coefficient (Wildman–Crippen LogP) is 1.41. The number of H-pyrrole nitrogens is 1. The lowest BCUT2D eigenvalue weighted by molar-refractivity contribution is 0.482. The van der Waals surface area contributed by atoms with Gasteiger partial charge in [0.1, 0.15) is 17.0 Å². The fourth-order valence-electron chi connectivity index (χ4n) is 3.57. The standard InChI is InChI=1S/C19H19N7O/c1-12-11-25(9-8-20-12)16-6-5-14-18(23-16)17-13(10-22-14)19(27)26(24-17)15-4-2-3-7-21-15/h2-7,10,12,20,22H,8-9,11H2,1H3. The molecule has 8 nitrogen and oxygen atoms in total. The first kappa shape index (κ1) is 16.0. The molecule has 0 spiro atoms. The second-order valence-corrected chi connectivity index (χ2v) is 6.82. The van der Waals surface area contributed by atoms with E-state index in [1.54, 1.807) is 18.5 Å². The highest BCUT2D eigenvalue weighted by atomic mass is 16.1. The van der Waals surface area contributed by atoms with Crippen molar-refractivity contribution in [2.45, 2.75) is 13.0 Å². The van der Waals surface area contributed by atoms with Gasteiger partial charge < -0.3 is 15.2 Å². The quantitative estimate of drug-likeness (QED) is 0.561. The minimum atomic E-state index is -0.204. The van der Waals surface area contributed by atoms with Crippen molar-refractivity contribution in [3.05, 3.63) is 53.1 Å². The van der Waals surface area contributed by atoms with Gasteiger partial charge in [0.2, 0.25) is 0 Å². The number of anilines is 1. The summed E-state index contributed by atoms with van der Waals surface area (Å²) in [6.07, 6.45) is 3.34. The first-order valence-corrected chi connectivity index (χ1v) is 9.01. The molecule has 5 rings (SSSR count). The van der Waals surface area contributed by atoms with Gasteiger partial charge in [-0.25, -0.2) is 9.97 Å². The van der Waals surface area contributed by atoms with Crippen LogP contribution in [0.5, 0.6) is 0 Å². The van der Waals surface area contributed by atoms with Gasteiger partial charge in [0.25, 0.3) is 5.56 Å². The van der Waals surface area contributed by atoms with Gasteiger partial charge in [-0.3, -0.25) is 4.79 Å². The lowest BCUT2D eigenvalue weighted by atomic mass is 10.1. The van der Waals surface area contributed by atoms with Crippen molar-refractivity contribution in [1.82, 2.24) is 30.0 Å². The Kier molecular flexibility index (Phi) is 3.64. The van der Waals surface area contributed by atoms with Crippen LogP contribution in [-0.4, -0.2) is 50.4 Å². The average Bonchev–Trinajstić information content (AvgIpc) is 3.05. The summed E-state index contributed by atoms with van der Waals surface area (Å²) in [6, 6.07) is 9.82. The smallest absolute Gasteiger partial charge is 0.283 e. The van der Waals surface area contributed by atoms with Crippen LogP contribution in [0, 0.1) is 0 Å². The van der Waals surface area contributed by atoms with Crippen LogP contribution >= 0.6 is 0 Å². The van der Waals surface area contributed by atoms with E-state index in [0.29, 0.717) is 28.6 Å². The molecule has 2 aromatic heterocycles. The monoisotopic (exact) mass is 361 g/mol. The van der Waals surface area contributed by atoms with E-state index in [1.165, 1.54) is 4.68 Å². The number of aromatic nitrogens is 5. The van der Waals surface area contributed by atoms with Crippen LogP contribution in [0.2, 0.25) is 0 Å². The van der Waals surface area contributed by atoms with E-state index >= 15 is 0 Å². The molecule has 0 aliphatic carbocycles. The Morgan fingerprint density at radius 3 is 2.93 bits per heavy atom. The Balaban J connectivity index is 1.67. The topological polar surface area (TPSA) is 91.7 Å². The fourth-order valence-corrected chi connectivity index (χ4v) is 3.57. The number of fused-ring (bicyclic) bond motifs is 3. The largest absolute Gasteiger partial charge is 0.359 e. The van der Waals surface area contributed by atoms with Gasteiger partial charge in [-0.15, -0.1) is 0 Å². The molecule has 0 aromatic carbocycles. The predicted molar refractivity (Wildman–Crippen MR) is 104 cm³/mol. The Labute approximate surface area is 155 Å². The molecule has 8 heteroatoms. The normalized spacial score (nSPS) is 17.7. The van der Waals surface area contributed by atoms with Crippen molar-refractivity contribution in [2.75, 3.05) is 24.5 Å². The lowest BCUT2D eigenvalue weighted by Crippen LogP contribution is -2.49. The summed E-state index contributed by atoms with van der Waals surface area (Å²) in [5.41, 5.74) is 2.43. The highest BCUT2D eigenvalue weighted by molar-refractivity contribution is 5.91. The summed E-state index contributed by atoms with van der Waals surface area (Å²) < 4.78 is 1.33. The summed E-state index contributed by atoms with van der Waals surface area (Å²) in [5.74, 6) is 1.40. The van der Waals surface area contributed by atoms with Crippen LogP contribution in [0.25, 0.3) is 28.1 Å². The van der Waals surface area contributed by atoms with Gasteiger partial charge in [0.05, 0.1) is 11.1 Å². The van der Waals surface area contributed by atoms with E-state index in [0.717, 1.165) is 31.0 Å². The Morgan fingerprint density at radius 2 is 2.11 bits per heavy atom. The molecule has 5 heterocycles. The summed E-state index contributed by atoms with van der Waals surface area (Å²) in [7, 11) is 0. The van der Waals surface area contributed by atoms with Gasteiger partial charge in [0, 0.05) is 38.1 Å². The third-order valence-electron chi connectivity index (χ3n) is 4.91. The minimum Gasteiger partial charge on any atom is -0.359 e. The number of piperazine rings is 1. The van der Waals surface area contributed by atoms with E-state index in [-0.39, 0.29) is 5.56 Å². The number of rotatable bonds is 2. The van der Waals surface area contributed by atoms with E-state index < -0.39 is 0 Å². The van der Waals surface area contributed by atoms with Crippen LogP contribution in [0.15, 0.2) is 47.5 Å². The number of pyridine rings is 3. The molecular formula is C19H19N7O. The molecule has 1 saturated heterocycles. The van der Waals surface area contributed by atoms with Crippen molar-refractivity contribution in [3.8, 4) is 17.1 Å². The number of nitrogens with zero attached hydrogens (tertiary/aromatic N) is 5. The van der Waals surface area contributed by atoms with Crippen molar-refractivity contribution in [1.29, 1.82) is 0 Å². The van der Waals surface area contributed by atoms with Crippen molar-refractivity contribution >= 4 is 16.9 Å². The first-order valence-electron chi connectivity index (χ1n) is 9.01. The number of hydrogen-bond acceptors (Lipinski definition) is 6. The van der Waals surface area contributed by atoms with Crippen LogP contribution < -0.4 is 15.8 Å². The molecule has 1 fully saturated rings. The summed E-state index contributed by atoms with van der Waals surface area (Å²) in [6.45, 7) is 4.89. The van der Waals surface area contributed by atoms with E-state index in [9.17, 15) is 4.79 Å². The maximum atomic E-state index is 12.8. The van der Waals surface area contributed by atoms with E-state index in [1.807, 2.05) is 24.3 Å². The summed E-state index contributed by atoms with van der Waals surface area (Å²) >= 11 is 0. The van der Waals surface area contributed by atoms with Gasteiger partial charge in [-0.2, -0.15) is 9.78 Å². The molecule has 2 N–H and O–H groups in total. The molecule has 136 valence electrons. The Hall–Kier alpha value is -3.26. The van der Waals surface area contributed by atoms with Gasteiger partial charge in [-0.1, -0.05) is 6.07 Å². The van der Waals surface area contributed by atoms with Gasteiger partial charge in [-0.05, 0) is 31.2 Å². The molecule has 3 aliphatic rings. The zero-order chi connectivity index (χ0) is 18.4. The molecule has 0 amide bonds. The van der Waals surface area contributed by atoms with E-state index in [2.05, 4.69) is 32.2 Å². The zero-order valence-electron chi connectivity index (χ0n) is 14.9. The highest BCUT2D eigenvalue weighted by Gasteiger charge is 2.22. The van der Waals surface area contributed by atoms with Crippen LogP contribution in [0.4, 0.5) is 5.82 Å². The molecule has 3 aliphatic heterocycles. The summed E-state index contributed by atoms with van der Waals surface area (Å²) in [4.78, 5) is 27.3. The molecule has 27 heavy (non-hydrogen) atoms. The SMILES string of the molecule is CC1CN(c2ccc3[nH]cc4c(=O)n(-c5ccccn5)nc-4c3n2)CCN1. The van der Waals surface area contributed by atoms with Crippen molar-refractivity contribution < 1.29 is 0 Å². The second-order valence-electron chi connectivity index (χ2n) is 6.82. The molecular weight excluding hydrogens is 342 g/mol. The molecule has 2 aromatic rings. The van der Waals surface area contributed by atoms with Crippen LogP contribution in [-0.2, 0) is 0 Å². The fraction of sp³-hybridized carbons (Fsp3) is 0.263. The van der Waals surface area contributed by atoms with Crippen LogP contribution in [0.1, 0.15) is 6.92 Å². The molecule has 0 radical (unpaired) electrons. The highest BCUT2D eigenvalue weighted by Crippen LogP contribution is 2.26. The van der Waals surface area contributed by atoms with Crippen LogP contribution in [0.3, 0.4) is 0 Å². The molecule has 0 saturated carbocycles. The third-order valence-corrected chi connectivity index (χ3v) is 4.91. The first-order chi connectivity index (χ1) is 13.2. The Morgan fingerprint density at radius 1 is 1.19 bits per heavy atom. The number of nitrogens with one attached hydrogen (secondary N) is 2. The zero-order valence-corrected chi connectivity index (χ0v) is 14.9.